The summed E-state index contributed by atoms with van der Waals surface area (Å²) in [6.45, 7) is 7.29. The largest absolute Gasteiger partial charge is 0.380 e. The highest BCUT2D eigenvalue weighted by atomic mass is 19.1. The van der Waals surface area contributed by atoms with Gasteiger partial charge in [-0.3, -0.25) is 9.58 Å². The predicted octanol–water partition coefficient (Wildman–Crippen LogP) is 3.57. The Hall–Kier alpha value is -1.72. The van der Waals surface area contributed by atoms with Crippen LogP contribution in [0.1, 0.15) is 42.5 Å². The number of aromatic nitrogens is 2. The van der Waals surface area contributed by atoms with Crippen LogP contribution in [0.5, 0.6) is 0 Å². The molecular weight excluding hydrogens is 317 g/mol. The van der Waals surface area contributed by atoms with Crippen molar-refractivity contribution >= 4 is 0 Å². The molecule has 1 atom stereocenters. The van der Waals surface area contributed by atoms with Crippen molar-refractivity contribution < 1.29 is 9.13 Å². The number of halogens is 1. The van der Waals surface area contributed by atoms with Crippen molar-refractivity contribution in [1.82, 2.24) is 14.7 Å². The highest BCUT2D eigenvalue weighted by molar-refractivity contribution is 5.26. The lowest BCUT2D eigenvalue weighted by molar-refractivity contribution is 0.0890. The molecule has 0 bridgehead atoms. The molecule has 1 fully saturated rings. The summed E-state index contributed by atoms with van der Waals surface area (Å²) >= 11 is 0. The van der Waals surface area contributed by atoms with Crippen LogP contribution in [0, 0.1) is 11.7 Å². The van der Waals surface area contributed by atoms with Crippen LogP contribution < -0.4 is 0 Å². The number of nitrogens with zero attached hydrogens (tertiary/aromatic N) is 3. The fourth-order valence-corrected chi connectivity index (χ4v) is 3.56. The maximum absolute atomic E-state index is 13.1. The number of fused-ring (bicyclic) bond motifs is 1. The topological polar surface area (TPSA) is 30.3 Å². The molecule has 25 heavy (non-hydrogen) atoms. The second-order valence-corrected chi connectivity index (χ2v) is 7.36. The molecule has 0 spiro atoms. The van der Waals surface area contributed by atoms with Crippen molar-refractivity contribution in [2.45, 2.75) is 45.3 Å². The van der Waals surface area contributed by atoms with E-state index in [1.165, 1.54) is 30.5 Å². The normalized spacial score (nSPS) is 20.6. The molecule has 1 aromatic heterocycles. The molecule has 1 aliphatic heterocycles. The van der Waals surface area contributed by atoms with E-state index in [1.54, 1.807) is 0 Å². The van der Waals surface area contributed by atoms with Crippen LogP contribution in [0.4, 0.5) is 4.39 Å². The van der Waals surface area contributed by atoms with Gasteiger partial charge in [-0.25, -0.2) is 4.39 Å². The number of hydrogen-bond donors (Lipinski definition) is 0. The fourth-order valence-electron chi connectivity index (χ4n) is 3.56. The molecule has 4 nitrogen and oxygen atoms in total. The molecule has 2 aliphatic rings. The van der Waals surface area contributed by atoms with Gasteiger partial charge in [0, 0.05) is 50.5 Å². The van der Waals surface area contributed by atoms with Crippen LogP contribution >= 0.6 is 0 Å². The van der Waals surface area contributed by atoms with Gasteiger partial charge < -0.3 is 4.74 Å². The first-order chi connectivity index (χ1) is 12.2. The molecule has 0 N–H and O–H groups in total. The van der Waals surface area contributed by atoms with E-state index in [0.717, 1.165) is 56.6 Å². The van der Waals surface area contributed by atoms with Gasteiger partial charge in [0.05, 0.1) is 12.3 Å². The van der Waals surface area contributed by atoms with E-state index in [1.807, 2.05) is 16.8 Å². The quantitative estimate of drug-likeness (QED) is 0.770. The maximum Gasteiger partial charge on any atom is 0.123 e. The molecule has 0 radical (unpaired) electrons. The van der Waals surface area contributed by atoms with E-state index in [0.29, 0.717) is 5.92 Å². The average molecular weight is 343 g/mol. The maximum atomic E-state index is 13.1. The molecule has 2 aromatic rings. The first-order valence-electron chi connectivity index (χ1n) is 9.32. The smallest absolute Gasteiger partial charge is 0.123 e. The van der Waals surface area contributed by atoms with Crippen LogP contribution in [0.3, 0.4) is 0 Å². The molecule has 4 rings (SSSR count). The zero-order chi connectivity index (χ0) is 17.2. The second-order valence-electron chi connectivity index (χ2n) is 7.36. The number of ether oxygens (including phenoxy) is 1. The van der Waals surface area contributed by atoms with E-state index in [-0.39, 0.29) is 5.82 Å². The highest BCUT2D eigenvalue weighted by Gasteiger charge is 2.29. The molecule has 1 aliphatic carbocycles. The fraction of sp³-hybridized carbons (Fsp3) is 0.550. The highest BCUT2D eigenvalue weighted by Crippen LogP contribution is 2.32. The Kier molecular flexibility index (Phi) is 4.86. The molecule has 0 unspecified atom stereocenters. The lowest BCUT2D eigenvalue weighted by Crippen LogP contribution is -2.34. The molecular formula is C20H26FN3O. The van der Waals surface area contributed by atoms with Crippen LogP contribution in [0.25, 0.3) is 0 Å². The summed E-state index contributed by atoms with van der Waals surface area (Å²) in [5.74, 6) is 0.970. The summed E-state index contributed by atoms with van der Waals surface area (Å²) < 4.78 is 21.2. The van der Waals surface area contributed by atoms with E-state index in [2.05, 4.69) is 18.0 Å². The minimum absolute atomic E-state index is 0.183. The number of hydrogen-bond acceptors (Lipinski definition) is 3. The third kappa shape index (κ3) is 4.10. The van der Waals surface area contributed by atoms with Gasteiger partial charge in [-0.2, -0.15) is 5.10 Å². The van der Waals surface area contributed by atoms with E-state index >= 15 is 0 Å². The van der Waals surface area contributed by atoms with Gasteiger partial charge in [-0.15, -0.1) is 0 Å². The van der Waals surface area contributed by atoms with Crippen molar-refractivity contribution in [1.29, 1.82) is 0 Å². The summed E-state index contributed by atoms with van der Waals surface area (Å²) in [4.78, 5) is 2.40. The lowest BCUT2D eigenvalue weighted by Gasteiger charge is -2.32. The summed E-state index contributed by atoms with van der Waals surface area (Å²) in [7, 11) is 0. The van der Waals surface area contributed by atoms with Gasteiger partial charge in [-0.1, -0.05) is 12.1 Å². The van der Waals surface area contributed by atoms with Gasteiger partial charge >= 0.3 is 0 Å². The monoisotopic (exact) mass is 343 g/mol. The van der Waals surface area contributed by atoms with Gasteiger partial charge in [-0.05, 0) is 43.4 Å². The molecule has 134 valence electrons. The van der Waals surface area contributed by atoms with Crippen LogP contribution in [0.2, 0.25) is 0 Å². The Labute approximate surface area is 148 Å². The van der Waals surface area contributed by atoms with Gasteiger partial charge in [0.25, 0.3) is 0 Å². The number of benzene rings is 1. The molecule has 2 heterocycles. The van der Waals surface area contributed by atoms with Crippen molar-refractivity contribution in [2.75, 3.05) is 19.8 Å². The minimum atomic E-state index is -0.183. The zero-order valence-corrected chi connectivity index (χ0v) is 14.8. The van der Waals surface area contributed by atoms with Gasteiger partial charge in [0.1, 0.15) is 5.82 Å². The van der Waals surface area contributed by atoms with Crippen molar-refractivity contribution in [3.8, 4) is 0 Å². The third-order valence-corrected chi connectivity index (χ3v) is 5.18. The standard InChI is InChI=1S/C20H26FN3O/c1-2-24-11-19-17(14-25-13-16-3-4-16)10-23(12-20(19)22-24)9-15-5-7-18(21)8-6-15/h5-8,11,16-17H,2-4,9-10,12-14H2,1H3/t17-/m1/s1. The second kappa shape index (κ2) is 7.26. The average Bonchev–Trinajstić information content (AvgIpc) is 3.33. The molecule has 1 aromatic carbocycles. The predicted molar refractivity (Wildman–Crippen MR) is 94.7 cm³/mol. The van der Waals surface area contributed by atoms with Crippen molar-refractivity contribution in [2.24, 2.45) is 5.92 Å². The Morgan fingerprint density at radius 3 is 2.72 bits per heavy atom. The molecule has 5 heteroatoms. The zero-order valence-electron chi connectivity index (χ0n) is 14.8. The van der Waals surface area contributed by atoms with E-state index < -0.39 is 0 Å². The molecule has 0 saturated heterocycles. The van der Waals surface area contributed by atoms with Gasteiger partial charge in [0.15, 0.2) is 0 Å². The Bertz CT molecular complexity index is 708. The SMILES string of the molecule is CCn1cc2c(n1)CN(Cc1ccc(F)cc1)C[C@@H]2COCC1CC1. The van der Waals surface area contributed by atoms with Crippen LogP contribution in [-0.4, -0.2) is 34.4 Å². The van der Waals surface area contributed by atoms with Crippen LogP contribution in [0.15, 0.2) is 30.5 Å². The summed E-state index contributed by atoms with van der Waals surface area (Å²) in [5.41, 5.74) is 3.64. The van der Waals surface area contributed by atoms with Crippen molar-refractivity contribution in [3.05, 3.63) is 53.1 Å². The Balaban J connectivity index is 1.46. The lowest BCUT2D eigenvalue weighted by atomic mass is 9.95. The Morgan fingerprint density at radius 2 is 2.00 bits per heavy atom. The van der Waals surface area contributed by atoms with Gasteiger partial charge in [0.2, 0.25) is 0 Å². The Morgan fingerprint density at radius 1 is 1.20 bits per heavy atom. The van der Waals surface area contributed by atoms with Crippen molar-refractivity contribution in [3.63, 3.8) is 0 Å². The minimum Gasteiger partial charge on any atom is -0.380 e. The molecule has 0 amide bonds. The first kappa shape index (κ1) is 16.7. The summed E-state index contributed by atoms with van der Waals surface area (Å²) in [6.07, 6.45) is 4.83. The van der Waals surface area contributed by atoms with Crippen LogP contribution in [-0.2, 0) is 24.4 Å². The molecule has 1 saturated carbocycles. The summed E-state index contributed by atoms with van der Waals surface area (Å²) in [5, 5.41) is 4.74. The summed E-state index contributed by atoms with van der Waals surface area (Å²) in [6, 6.07) is 6.81. The van der Waals surface area contributed by atoms with E-state index in [9.17, 15) is 4.39 Å². The first-order valence-corrected chi connectivity index (χ1v) is 9.32. The third-order valence-electron chi connectivity index (χ3n) is 5.18. The number of rotatable bonds is 7. The number of aryl methyl sites for hydroxylation is 1. The van der Waals surface area contributed by atoms with E-state index in [4.69, 9.17) is 9.84 Å².